The van der Waals surface area contributed by atoms with Crippen molar-refractivity contribution in [2.75, 3.05) is 5.75 Å². The maximum Gasteiger partial charge on any atom is 0.305 e. The third-order valence-corrected chi connectivity index (χ3v) is 4.71. The highest BCUT2D eigenvalue weighted by Gasteiger charge is 2.28. The van der Waals surface area contributed by atoms with Crippen molar-refractivity contribution in [1.29, 1.82) is 0 Å². The van der Waals surface area contributed by atoms with Gasteiger partial charge in [-0.2, -0.15) is 12.6 Å². The third-order valence-electron chi connectivity index (χ3n) is 4.40. The van der Waals surface area contributed by atoms with E-state index < -0.39 is 36.2 Å². The van der Waals surface area contributed by atoms with Crippen LogP contribution in [0, 0.1) is 5.92 Å². The molecule has 0 radical (unpaired) electrons. The summed E-state index contributed by atoms with van der Waals surface area (Å²) in [4.78, 5) is 48.3. The molecule has 0 aromatic heterocycles. The SMILES string of the molecule is CC(C)C[C@H](N)CC(=O)N[C@@H](Cc1ccccc1)C(=O)N[C@@H](CC(=O)O)C(=O)CS. The monoisotopic (exact) mass is 437 g/mol. The molecule has 1 aromatic carbocycles. The Morgan fingerprint density at radius 3 is 2.20 bits per heavy atom. The Balaban J connectivity index is 2.92. The van der Waals surface area contributed by atoms with Crippen LogP contribution in [0.3, 0.4) is 0 Å². The second kappa shape index (κ2) is 13.0. The van der Waals surface area contributed by atoms with Gasteiger partial charge >= 0.3 is 5.97 Å². The lowest BCUT2D eigenvalue weighted by molar-refractivity contribution is -0.140. The van der Waals surface area contributed by atoms with E-state index in [1.807, 2.05) is 44.2 Å². The molecule has 2 amide bonds. The molecule has 0 aliphatic carbocycles. The number of Topliss-reactive ketones (excluding diaryl/α,β-unsaturated/α-hetero) is 1. The molecule has 166 valence electrons. The molecule has 1 rings (SSSR count). The summed E-state index contributed by atoms with van der Waals surface area (Å²) in [5, 5.41) is 14.1. The van der Waals surface area contributed by atoms with Crippen LogP contribution in [-0.2, 0) is 25.6 Å². The molecule has 8 nitrogen and oxygen atoms in total. The lowest BCUT2D eigenvalue weighted by Gasteiger charge is -2.23. The highest BCUT2D eigenvalue weighted by molar-refractivity contribution is 7.81. The fourth-order valence-electron chi connectivity index (χ4n) is 3.04. The number of carboxylic acid groups (broad SMARTS) is 1. The predicted octanol–water partition coefficient (Wildman–Crippen LogP) is 0.936. The van der Waals surface area contributed by atoms with Crippen molar-refractivity contribution in [1.82, 2.24) is 10.6 Å². The van der Waals surface area contributed by atoms with Gasteiger partial charge in [-0.3, -0.25) is 19.2 Å². The summed E-state index contributed by atoms with van der Waals surface area (Å²) < 4.78 is 0. The maximum atomic E-state index is 12.8. The largest absolute Gasteiger partial charge is 0.481 e. The van der Waals surface area contributed by atoms with Crippen molar-refractivity contribution >= 4 is 36.2 Å². The first-order valence-electron chi connectivity index (χ1n) is 9.87. The predicted molar refractivity (Wildman–Crippen MR) is 117 cm³/mol. The number of aliphatic carboxylic acids is 1. The molecule has 0 saturated heterocycles. The topological polar surface area (TPSA) is 139 Å². The normalized spacial score (nSPS) is 13.9. The van der Waals surface area contributed by atoms with E-state index in [1.54, 1.807) is 0 Å². The van der Waals surface area contributed by atoms with Crippen LogP contribution in [0.5, 0.6) is 0 Å². The summed E-state index contributed by atoms with van der Waals surface area (Å²) in [5.41, 5.74) is 6.80. The summed E-state index contributed by atoms with van der Waals surface area (Å²) in [6.45, 7) is 4.01. The number of nitrogens with two attached hydrogens (primary N) is 1. The molecular weight excluding hydrogens is 406 g/mol. The number of nitrogens with one attached hydrogen (secondary N) is 2. The van der Waals surface area contributed by atoms with Crippen LogP contribution >= 0.6 is 12.6 Å². The minimum Gasteiger partial charge on any atom is -0.481 e. The van der Waals surface area contributed by atoms with E-state index in [1.165, 1.54) is 0 Å². The summed E-state index contributed by atoms with van der Waals surface area (Å²) in [6.07, 6.45) is 0.355. The molecule has 30 heavy (non-hydrogen) atoms. The number of hydrogen-bond donors (Lipinski definition) is 5. The Labute approximate surface area is 182 Å². The van der Waals surface area contributed by atoms with Gasteiger partial charge in [0.2, 0.25) is 11.8 Å². The van der Waals surface area contributed by atoms with Gasteiger partial charge in [0.15, 0.2) is 5.78 Å². The number of hydrogen-bond acceptors (Lipinski definition) is 6. The molecule has 0 heterocycles. The van der Waals surface area contributed by atoms with Gasteiger partial charge in [-0.15, -0.1) is 0 Å². The molecule has 0 spiro atoms. The number of carbonyl (C=O) groups is 4. The van der Waals surface area contributed by atoms with Gasteiger partial charge in [0.05, 0.1) is 18.2 Å². The molecule has 0 aliphatic heterocycles. The molecular formula is C21H31N3O5S. The summed E-state index contributed by atoms with van der Waals surface area (Å²) in [5.74, 6) is -2.63. The van der Waals surface area contributed by atoms with Crippen molar-refractivity contribution < 1.29 is 24.3 Å². The van der Waals surface area contributed by atoms with Crippen molar-refractivity contribution in [2.24, 2.45) is 11.7 Å². The second-order valence-electron chi connectivity index (χ2n) is 7.69. The van der Waals surface area contributed by atoms with E-state index in [9.17, 15) is 19.2 Å². The van der Waals surface area contributed by atoms with Crippen LogP contribution in [0.4, 0.5) is 0 Å². The first kappa shape index (κ1) is 25.6. The van der Waals surface area contributed by atoms with Crippen molar-refractivity contribution in [3.63, 3.8) is 0 Å². The molecule has 5 N–H and O–H groups in total. The second-order valence-corrected chi connectivity index (χ2v) is 8.00. The van der Waals surface area contributed by atoms with Crippen LogP contribution in [0.25, 0.3) is 0 Å². The van der Waals surface area contributed by atoms with Crippen LogP contribution in [0.2, 0.25) is 0 Å². The van der Waals surface area contributed by atoms with Crippen LogP contribution in [-0.4, -0.2) is 52.6 Å². The van der Waals surface area contributed by atoms with Gasteiger partial charge in [-0.05, 0) is 17.9 Å². The highest BCUT2D eigenvalue weighted by atomic mass is 32.1. The lowest BCUT2D eigenvalue weighted by atomic mass is 10.0. The van der Waals surface area contributed by atoms with E-state index in [4.69, 9.17) is 10.8 Å². The van der Waals surface area contributed by atoms with Gasteiger partial charge in [-0.25, -0.2) is 0 Å². The van der Waals surface area contributed by atoms with E-state index in [2.05, 4.69) is 23.3 Å². The summed E-state index contributed by atoms with van der Waals surface area (Å²) in [7, 11) is 0. The molecule has 3 atom stereocenters. The number of rotatable bonds is 13. The molecule has 0 bridgehead atoms. The average molecular weight is 438 g/mol. The van der Waals surface area contributed by atoms with E-state index >= 15 is 0 Å². The van der Waals surface area contributed by atoms with Gasteiger partial charge in [0.1, 0.15) is 6.04 Å². The summed E-state index contributed by atoms with van der Waals surface area (Å²) >= 11 is 3.87. The molecule has 0 unspecified atom stereocenters. The van der Waals surface area contributed by atoms with E-state index in [-0.39, 0.29) is 30.5 Å². The standard InChI is InChI=1S/C21H31N3O5S/c1-13(2)8-15(22)10-19(26)23-17(9-14-6-4-3-5-7-14)21(29)24-16(11-20(27)28)18(25)12-30/h3-7,13,15-17,30H,8-12,22H2,1-2H3,(H,23,26)(H,24,29)(H,27,28)/t15-,16-,17-/m0/s1. The van der Waals surface area contributed by atoms with Gasteiger partial charge in [0.25, 0.3) is 0 Å². The van der Waals surface area contributed by atoms with Crippen LogP contribution < -0.4 is 16.4 Å². The maximum absolute atomic E-state index is 12.8. The van der Waals surface area contributed by atoms with E-state index in [0.717, 1.165) is 5.56 Å². The molecule has 0 aliphatic rings. The number of carbonyl (C=O) groups excluding carboxylic acids is 3. The third kappa shape index (κ3) is 9.89. The fourth-order valence-corrected chi connectivity index (χ4v) is 3.26. The minimum atomic E-state index is -1.22. The van der Waals surface area contributed by atoms with Gasteiger partial charge in [0, 0.05) is 18.9 Å². The van der Waals surface area contributed by atoms with Crippen molar-refractivity contribution in [2.45, 2.75) is 57.7 Å². The molecule has 0 saturated carbocycles. The number of amides is 2. The Bertz CT molecular complexity index is 727. The Hall–Kier alpha value is -2.39. The molecule has 0 fully saturated rings. The Morgan fingerprint density at radius 2 is 1.67 bits per heavy atom. The summed E-state index contributed by atoms with van der Waals surface area (Å²) in [6, 6.07) is 6.53. The van der Waals surface area contributed by atoms with Crippen LogP contribution in [0.15, 0.2) is 30.3 Å². The smallest absolute Gasteiger partial charge is 0.305 e. The number of benzene rings is 1. The van der Waals surface area contributed by atoms with E-state index in [0.29, 0.717) is 12.3 Å². The zero-order valence-corrected chi connectivity index (χ0v) is 18.2. The highest BCUT2D eigenvalue weighted by Crippen LogP contribution is 2.08. The fraction of sp³-hybridized carbons (Fsp3) is 0.524. The first-order chi connectivity index (χ1) is 14.1. The molecule has 1 aromatic rings. The average Bonchev–Trinajstić information content (AvgIpc) is 2.65. The number of thiol groups is 1. The van der Waals surface area contributed by atoms with Crippen molar-refractivity contribution in [3.05, 3.63) is 35.9 Å². The Kier molecular flexibility index (Phi) is 11.1. The quantitative estimate of drug-likeness (QED) is 0.291. The van der Waals surface area contributed by atoms with Crippen molar-refractivity contribution in [3.8, 4) is 0 Å². The number of ketones is 1. The first-order valence-corrected chi connectivity index (χ1v) is 10.5. The zero-order valence-electron chi connectivity index (χ0n) is 17.3. The Morgan fingerprint density at radius 1 is 1.03 bits per heavy atom. The molecule has 9 heteroatoms. The zero-order chi connectivity index (χ0) is 22.7. The minimum absolute atomic E-state index is 0.0604. The number of carboxylic acids is 1. The lowest BCUT2D eigenvalue weighted by Crippen LogP contribution is -2.53. The van der Waals surface area contributed by atoms with Crippen LogP contribution in [0.1, 0.15) is 38.7 Å². The van der Waals surface area contributed by atoms with Gasteiger partial charge in [-0.1, -0.05) is 44.2 Å². The van der Waals surface area contributed by atoms with Gasteiger partial charge < -0.3 is 21.5 Å².